The van der Waals surface area contributed by atoms with E-state index in [1.807, 2.05) is 79.7 Å². The van der Waals surface area contributed by atoms with Gasteiger partial charge in [0.05, 0.1) is 16.0 Å². The summed E-state index contributed by atoms with van der Waals surface area (Å²) in [4.78, 5) is 28.9. The Bertz CT molecular complexity index is 1220. The fraction of sp³-hybridized carbons (Fsp3) is 0.125. The van der Waals surface area contributed by atoms with Crippen molar-refractivity contribution in [2.75, 3.05) is 23.0 Å². The molecule has 0 fully saturated rings. The van der Waals surface area contributed by atoms with Crippen LogP contribution in [0.3, 0.4) is 0 Å². The molecule has 0 aliphatic heterocycles. The largest absolute Gasteiger partial charge is 0.484 e. The summed E-state index contributed by atoms with van der Waals surface area (Å²) in [5, 5.41) is 5.71. The number of anilines is 2. The maximum absolute atomic E-state index is 12.2. The maximum atomic E-state index is 12.2. The molecule has 0 unspecified atom stereocenters. The number of hydrogen-bond donors (Lipinski definition) is 2. The summed E-state index contributed by atoms with van der Waals surface area (Å²) in [6, 6.07) is 22.4. The molecule has 1 aromatic heterocycles. The first-order valence-corrected chi connectivity index (χ1v) is 11.7. The van der Waals surface area contributed by atoms with E-state index in [2.05, 4.69) is 15.6 Å². The topological polar surface area (TPSA) is 80.3 Å². The van der Waals surface area contributed by atoms with Gasteiger partial charge in [0.25, 0.3) is 5.91 Å². The minimum atomic E-state index is -0.235. The smallest absolute Gasteiger partial charge is 0.262 e. The number of aryl methyl sites for hydroxylation is 1. The molecular formula is C24H21N3O3S2. The maximum Gasteiger partial charge on any atom is 0.262 e. The summed E-state index contributed by atoms with van der Waals surface area (Å²) >= 11 is 2.88. The highest BCUT2D eigenvalue weighted by molar-refractivity contribution is 8.01. The van der Waals surface area contributed by atoms with Crippen molar-refractivity contribution >= 4 is 56.5 Å². The average Bonchev–Trinajstić information content (AvgIpc) is 3.20. The van der Waals surface area contributed by atoms with Crippen molar-refractivity contribution in [1.29, 1.82) is 0 Å². The van der Waals surface area contributed by atoms with E-state index in [0.717, 1.165) is 25.8 Å². The third kappa shape index (κ3) is 6.09. The van der Waals surface area contributed by atoms with Gasteiger partial charge in [-0.3, -0.25) is 9.59 Å². The lowest BCUT2D eigenvalue weighted by atomic mass is 10.2. The van der Waals surface area contributed by atoms with Crippen molar-refractivity contribution in [2.24, 2.45) is 0 Å². The zero-order valence-electron chi connectivity index (χ0n) is 17.3. The van der Waals surface area contributed by atoms with Gasteiger partial charge >= 0.3 is 0 Å². The van der Waals surface area contributed by atoms with Crippen LogP contribution in [0.4, 0.5) is 11.4 Å². The van der Waals surface area contributed by atoms with E-state index in [-0.39, 0.29) is 24.2 Å². The molecule has 2 N–H and O–H groups in total. The Morgan fingerprint density at radius 1 is 0.938 bits per heavy atom. The first-order chi connectivity index (χ1) is 15.5. The lowest BCUT2D eigenvalue weighted by molar-refractivity contribution is -0.118. The third-order valence-electron chi connectivity index (χ3n) is 4.43. The molecule has 0 bridgehead atoms. The molecule has 0 aliphatic rings. The van der Waals surface area contributed by atoms with Gasteiger partial charge in [-0.2, -0.15) is 0 Å². The molecule has 0 aliphatic carbocycles. The van der Waals surface area contributed by atoms with E-state index < -0.39 is 0 Å². The number of aromatic nitrogens is 1. The second-order valence-corrected chi connectivity index (χ2v) is 9.27. The van der Waals surface area contributed by atoms with E-state index in [9.17, 15) is 9.59 Å². The van der Waals surface area contributed by atoms with Crippen LogP contribution in [0.15, 0.2) is 77.1 Å². The first-order valence-electron chi connectivity index (χ1n) is 9.93. The monoisotopic (exact) mass is 463 g/mol. The number of carbonyl (C=O) groups is 2. The van der Waals surface area contributed by atoms with E-state index in [0.29, 0.717) is 11.4 Å². The van der Waals surface area contributed by atoms with Crippen molar-refractivity contribution in [3.63, 3.8) is 0 Å². The van der Waals surface area contributed by atoms with Gasteiger partial charge in [0.2, 0.25) is 5.91 Å². The molecule has 1 heterocycles. The van der Waals surface area contributed by atoms with Crippen LogP contribution >= 0.6 is 23.1 Å². The number of benzene rings is 3. The second-order valence-electron chi connectivity index (χ2n) is 7.02. The number of fused-ring (bicyclic) bond motifs is 1. The molecule has 0 atom stereocenters. The molecule has 0 spiro atoms. The van der Waals surface area contributed by atoms with Crippen LogP contribution in [0.5, 0.6) is 5.75 Å². The molecule has 0 saturated heterocycles. The Labute approximate surface area is 194 Å². The van der Waals surface area contributed by atoms with Gasteiger partial charge in [-0.05, 0) is 49.4 Å². The molecule has 6 nitrogen and oxygen atoms in total. The van der Waals surface area contributed by atoms with Crippen LogP contribution < -0.4 is 15.4 Å². The Morgan fingerprint density at radius 2 is 1.69 bits per heavy atom. The fourth-order valence-corrected chi connectivity index (χ4v) is 4.78. The molecule has 0 radical (unpaired) electrons. The van der Waals surface area contributed by atoms with Crippen molar-refractivity contribution in [1.82, 2.24) is 4.98 Å². The van der Waals surface area contributed by atoms with Crippen LogP contribution in [-0.4, -0.2) is 29.2 Å². The van der Waals surface area contributed by atoms with Crippen molar-refractivity contribution in [3.05, 3.63) is 78.4 Å². The molecule has 3 aromatic carbocycles. The number of thioether (sulfide) groups is 1. The minimum absolute atomic E-state index is 0.0680. The van der Waals surface area contributed by atoms with Crippen LogP contribution in [0.25, 0.3) is 10.2 Å². The molecular weight excluding hydrogens is 442 g/mol. The number of nitrogens with zero attached hydrogens (tertiary/aromatic N) is 1. The summed E-state index contributed by atoms with van der Waals surface area (Å²) < 4.78 is 7.26. The van der Waals surface area contributed by atoms with Crippen LogP contribution in [0.1, 0.15) is 5.56 Å². The first kappa shape index (κ1) is 21.9. The van der Waals surface area contributed by atoms with E-state index in [1.165, 1.54) is 23.1 Å². The quantitative estimate of drug-likeness (QED) is 0.344. The number of hydrogen-bond acceptors (Lipinski definition) is 6. The number of amides is 2. The SMILES string of the molecule is Cc1ccc(OCC(=O)Nc2ccc3nc(SCC(=O)Nc4ccccc4)sc3c2)cc1. The summed E-state index contributed by atoms with van der Waals surface area (Å²) in [5.41, 5.74) is 3.41. The van der Waals surface area contributed by atoms with Crippen molar-refractivity contribution in [3.8, 4) is 5.75 Å². The number of para-hydroxylation sites is 1. The zero-order valence-corrected chi connectivity index (χ0v) is 19.0. The predicted octanol–water partition coefficient (Wildman–Crippen LogP) is 5.35. The molecule has 8 heteroatoms. The normalized spacial score (nSPS) is 10.7. The van der Waals surface area contributed by atoms with Gasteiger partial charge in [-0.15, -0.1) is 11.3 Å². The summed E-state index contributed by atoms with van der Waals surface area (Å²) in [7, 11) is 0. The molecule has 0 saturated carbocycles. The Kier molecular flexibility index (Phi) is 7.03. The van der Waals surface area contributed by atoms with Crippen molar-refractivity contribution in [2.45, 2.75) is 11.3 Å². The summed E-state index contributed by atoms with van der Waals surface area (Å²) in [5.74, 6) is 0.611. The van der Waals surface area contributed by atoms with E-state index in [4.69, 9.17) is 4.74 Å². The third-order valence-corrected chi connectivity index (χ3v) is 6.59. The molecule has 4 rings (SSSR count). The van der Waals surface area contributed by atoms with Gasteiger partial charge < -0.3 is 15.4 Å². The fourth-order valence-electron chi connectivity index (χ4n) is 2.87. The van der Waals surface area contributed by atoms with E-state index in [1.54, 1.807) is 0 Å². The number of nitrogens with one attached hydrogen (secondary N) is 2. The van der Waals surface area contributed by atoms with Gasteiger partial charge in [-0.25, -0.2) is 4.98 Å². The van der Waals surface area contributed by atoms with Gasteiger partial charge in [0.15, 0.2) is 10.9 Å². The molecule has 2 amide bonds. The van der Waals surface area contributed by atoms with Gasteiger partial charge in [0, 0.05) is 11.4 Å². The van der Waals surface area contributed by atoms with Crippen LogP contribution in [0, 0.1) is 6.92 Å². The second kappa shape index (κ2) is 10.3. The van der Waals surface area contributed by atoms with Gasteiger partial charge in [0.1, 0.15) is 5.75 Å². The minimum Gasteiger partial charge on any atom is -0.484 e. The predicted molar refractivity (Wildman–Crippen MR) is 131 cm³/mol. The van der Waals surface area contributed by atoms with Crippen LogP contribution in [-0.2, 0) is 9.59 Å². The van der Waals surface area contributed by atoms with Crippen LogP contribution in [0.2, 0.25) is 0 Å². The lowest BCUT2D eigenvalue weighted by Crippen LogP contribution is -2.20. The summed E-state index contributed by atoms with van der Waals surface area (Å²) in [6.45, 7) is 1.93. The standard InChI is InChI=1S/C24H21N3O3S2/c1-16-7-10-19(11-8-16)30-14-22(28)26-18-9-12-20-21(13-18)32-24(27-20)31-15-23(29)25-17-5-3-2-4-6-17/h2-13H,14-15H2,1H3,(H,25,29)(H,26,28). The average molecular weight is 464 g/mol. The zero-order chi connectivity index (χ0) is 22.3. The van der Waals surface area contributed by atoms with E-state index >= 15 is 0 Å². The highest BCUT2D eigenvalue weighted by atomic mass is 32.2. The molecule has 4 aromatic rings. The summed E-state index contributed by atoms with van der Waals surface area (Å²) in [6.07, 6.45) is 0. The number of ether oxygens (including phenoxy) is 1. The lowest BCUT2D eigenvalue weighted by Gasteiger charge is -2.07. The highest BCUT2D eigenvalue weighted by Gasteiger charge is 2.10. The van der Waals surface area contributed by atoms with Gasteiger partial charge in [-0.1, -0.05) is 47.7 Å². The molecule has 162 valence electrons. The molecule has 32 heavy (non-hydrogen) atoms. The number of thiazole rings is 1. The van der Waals surface area contributed by atoms with Crippen molar-refractivity contribution < 1.29 is 14.3 Å². The Hall–Kier alpha value is -3.36. The Morgan fingerprint density at radius 3 is 2.47 bits per heavy atom. The number of rotatable bonds is 8. The highest BCUT2D eigenvalue weighted by Crippen LogP contribution is 2.31. The number of carbonyl (C=O) groups excluding carboxylic acids is 2. The Balaban J connectivity index is 1.30.